The first-order chi connectivity index (χ1) is 12.1. The predicted molar refractivity (Wildman–Crippen MR) is 98.1 cm³/mol. The number of nitrogens with zero attached hydrogens (tertiary/aromatic N) is 2. The monoisotopic (exact) mass is 343 g/mol. The average Bonchev–Trinajstić information content (AvgIpc) is 2.79. The van der Waals surface area contributed by atoms with Gasteiger partial charge in [0.1, 0.15) is 0 Å². The van der Waals surface area contributed by atoms with Crippen LogP contribution < -0.4 is 5.32 Å². The van der Waals surface area contributed by atoms with Crippen molar-refractivity contribution in [3.8, 4) is 0 Å². The van der Waals surface area contributed by atoms with Crippen LogP contribution in [0, 0.1) is 5.92 Å². The van der Waals surface area contributed by atoms with Gasteiger partial charge in [-0.2, -0.15) is 0 Å². The SMILES string of the molecule is CC1CCN(C(=O)CN2CCCNC(=O)C2Cc2ccccc2)CC1. The van der Waals surface area contributed by atoms with E-state index in [1.807, 2.05) is 35.2 Å². The zero-order valence-electron chi connectivity index (χ0n) is 15.1. The number of nitrogens with one attached hydrogen (secondary N) is 1. The van der Waals surface area contributed by atoms with Gasteiger partial charge in [-0.25, -0.2) is 0 Å². The standard InChI is InChI=1S/C20H29N3O2/c1-16-8-12-22(13-9-16)19(24)15-23-11-5-10-21-20(25)18(23)14-17-6-3-2-4-7-17/h2-4,6-7,16,18H,5,8-15H2,1H3,(H,21,25). The van der Waals surface area contributed by atoms with Gasteiger partial charge in [-0.3, -0.25) is 14.5 Å². The molecular weight excluding hydrogens is 314 g/mol. The molecule has 2 heterocycles. The van der Waals surface area contributed by atoms with E-state index in [1.165, 1.54) is 0 Å². The average molecular weight is 343 g/mol. The first kappa shape index (κ1) is 17.9. The summed E-state index contributed by atoms with van der Waals surface area (Å²) in [5.41, 5.74) is 1.13. The van der Waals surface area contributed by atoms with Gasteiger partial charge >= 0.3 is 0 Å². The first-order valence-electron chi connectivity index (χ1n) is 9.47. The smallest absolute Gasteiger partial charge is 0.237 e. The van der Waals surface area contributed by atoms with Crippen LogP contribution in [-0.2, 0) is 16.0 Å². The van der Waals surface area contributed by atoms with Gasteiger partial charge in [0.05, 0.1) is 12.6 Å². The van der Waals surface area contributed by atoms with Gasteiger partial charge in [0.25, 0.3) is 0 Å². The molecule has 2 aliphatic heterocycles. The van der Waals surface area contributed by atoms with E-state index in [9.17, 15) is 9.59 Å². The molecule has 5 heteroatoms. The van der Waals surface area contributed by atoms with Gasteiger partial charge in [-0.15, -0.1) is 0 Å². The largest absolute Gasteiger partial charge is 0.355 e. The number of rotatable bonds is 4. The van der Waals surface area contributed by atoms with E-state index in [1.54, 1.807) is 0 Å². The maximum atomic E-state index is 12.7. The zero-order chi connectivity index (χ0) is 17.6. The summed E-state index contributed by atoms with van der Waals surface area (Å²) in [6.45, 7) is 5.77. The number of carbonyl (C=O) groups is 2. The Hall–Kier alpha value is -1.88. The van der Waals surface area contributed by atoms with Crippen molar-refractivity contribution in [3.05, 3.63) is 35.9 Å². The molecule has 1 unspecified atom stereocenters. The van der Waals surface area contributed by atoms with Gasteiger partial charge in [-0.05, 0) is 37.2 Å². The highest BCUT2D eigenvalue weighted by molar-refractivity contribution is 5.84. The summed E-state index contributed by atoms with van der Waals surface area (Å²) >= 11 is 0. The summed E-state index contributed by atoms with van der Waals surface area (Å²) < 4.78 is 0. The molecule has 0 saturated carbocycles. The third kappa shape index (κ3) is 4.82. The second kappa shape index (κ2) is 8.48. The molecular formula is C20H29N3O2. The van der Waals surface area contributed by atoms with Crippen LogP contribution in [-0.4, -0.2) is 60.4 Å². The van der Waals surface area contributed by atoms with E-state index in [-0.39, 0.29) is 17.9 Å². The third-order valence-corrected chi connectivity index (χ3v) is 5.41. The van der Waals surface area contributed by atoms with Crippen LogP contribution in [0.3, 0.4) is 0 Å². The Bertz CT molecular complexity index is 582. The first-order valence-corrected chi connectivity index (χ1v) is 9.47. The van der Waals surface area contributed by atoms with E-state index in [0.29, 0.717) is 25.4 Å². The Morgan fingerprint density at radius 2 is 1.88 bits per heavy atom. The maximum Gasteiger partial charge on any atom is 0.237 e. The predicted octanol–water partition coefficient (Wildman–Crippen LogP) is 1.68. The maximum absolute atomic E-state index is 12.7. The molecule has 2 amide bonds. The van der Waals surface area contributed by atoms with Gasteiger partial charge in [-0.1, -0.05) is 37.3 Å². The van der Waals surface area contributed by atoms with E-state index in [0.717, 1.165) is 44.5 Å². The lowest BCUT2D eigenvalue weighted by atomic mass is 9.99. The molecule has 2 fully saturated rings. The molecule has 2 saturated heterocycles. The molecule has 1 aromatic rings. The van der Waals surface area contributed by atoms with E-state index in [2.05, 4.69) is 17.1 Å². The fourth-order valence-corrected chi connectivity index (χ4v) is 3.71. The molecule has 2 aliphatic rings. The normalized spacial score (nSPS) is 23.2. The highest BCUT2D eigenvalue weighted by Gasteiger charge is 2.31. The van der Waals surface area contributed by atoms with E-state index >= 15 is 0 Å². The van der Waals surface area contributed by atoms with E-state index in [4.69, 9.17) is 0 Å². The fourth-order valence-electron chi connectivity index (χ4n) is 3.71. The highest BCUT2D eigenvalue weighted by atomic mass is 16.2. The molecule has 1 aromatic carbocycles. The Morgan fingerprint density at radius 3 is 2.60 bits per heavy atom. The highest BCUT2D eigenvalue weighted by Crippen LogP contribution is 2.18. The topological polar surface area (TPSA) is 52.7 Å². The van der Waals surface area contributed by atoms with Crippen LogP contribution in [0.1, 0.15) is 31.7 Å². The van der Waals surface area contributed by atoms with Crippen molar-refractivity contribution in [1.29, 1.82) is 0 Å². The third-order valence-electron chi connectivity index (χ3n) is 5.41. The number of hydrogen-bond acceptors (Lipinski definition) is 3. The minimum Gasteiger partial charge on any atom is -0.355 e. The van der Waals surface area contributed by atoms with Gasteiger partial charge < -0.3 is 10.2 Å². The van der Waals surface area contributed by atoms with Crippen molar-refractivity contribution in [2.75, 3.05) is 32.7 Å². The second-order valence-electron chi connectivity index (χ2n) is 7.38. The number of benzene rings is 1. The molecule has 25 heavy (non-hydrogen) atoms. The van der Waals surface area contributed by atoms with Crippen molar-refractivity contribution >= 4 is 11.8 Å². The molecule has 5 nitrogen and oxygen atoms in total. The van der Waals surface area contributed by atoms with Crippen LogP contribution in [0.2, 0.25) is 0 Å². The number of hydrogen-bond donors (Lipinski definition) is 1. The second-order valence-corrected chi connectivity index (χ2v) is 7.38. The molecule has 1 N–H and O–H groups in total. The summed E-state index contributed by atoms with van der Waals surface area (Å²) in [5.74, 6) is 0.917. The molecule has 0 bridgehead atoms. The lowest BCUT2D eigenvalue weighted by Gasteiger charge is -2.34. The number of carbonyl (C=O) groups excluding carboxylic acids is 2. The fraction of sp³-hybridized carbons (Fsp3) is 0.600. The Balaban J connectivity index is 1.67. The quantitative estimate of drug-likeness (QED) is 0.905. The Kier molecular flexibility index (Phi) is 6.08. The van der Waals surface area contributed by atoms with Crippen LogP contribution in [0.15, 0.2) is 30.3 Å². The van der Waals surface area contributed by atoms with Crippen molar-refractivity contribution in [1.82, 2.24) is 15.1 Å². The summed E-state index contributed by atoms with van der Waals surface area (Å²) in [5, 5.41) is 3.00. The molecule has 0 spiro atoms. The summed E-state index contributed by atoms with van der Waals surface area (Å²) in [6.07, 6.45) is 3.71. The number of amides is 2. The van der Waals surface area contributed by atoms with E-state index < -0.39 is 0 Å². The molecule has 0 aliphatic carbocycles. The molecule has 136 valence electrons. The van der Waals surface area contributed by atoms with Crippen molar-refractivity contribution in [3.63, 3.8) is 0 Å². The van der Waals surface area contributed by atoms with Crippen LogP contribution in [0.25, 0.3) is 0 Å². The van der Waals surface area contributed by atoms with Crippen molar-refractivity contribution in [2.24, 2.45) is 5.92 Å². The van der Waals surface area contributed by atoms with Crippen LogP contribution >= 0.6 is 0 Å². The molecule has 3 rings (SSSR count). The molecule has 0 radical (unpaired) electrons. The van der Waals surface area contributed by atoms with Gasteiger partial charge in [0, 0.05) is 26.2 Å². The summed E-state index contributed by atoms with van der Waals surface area (Å²) in [6, 6.07) is 9.80. The summed E-state index contributed by atoms with van der Waals surface area (Å²) in [7, 11) is 0. The van der Waals surface area contributed by atoms with Crippen molar-refractivity contribution < 1.29 is 9.59 Å². The minimum absolute atomic E-state index is 0.0430. The zero-order valence-corrected chi connectivity index (χ0v) is 15.1. The molecule has 1 atom stereocenters. The number of likely N-dealkylation sites (tertiary alicyclic amines) is 1. The van der Waals surface area contributed by atoms with Gasteiger partial charge in [0.15, 0.2) is 0 Å². The minimum atomic E-state index is -0.266. The molecule has 0 aromatic heterocycles. The Morgan fingerprint density at radius 1 is 1.16 bits per heavy atom. The Labute approximate surface area is 150 Å². The van der Waals surface area contributed by atoms with Gasteiger partial charge in [0.2, 0.25) is 11.8 Å². The van der Waals surface area contributed by atoms with Crippen LogP contribution in [0.5, 0.6) is 0 Å². The van der Waals surface area contributed by atoms with Crippen LogP contribution in [0.4, 0.5) is 0 Å². The summed E-state index contributed by atoms with van der Waals surface area (Å²) in [4.78, 5) is 29.3. The lowest BCUT2D eigenvalue weighted by Crippen LogP contribution is -2.51. The van der Waals surface area contributed by atoms with Crippen molar-refractivity contribution in [2.45, 2.75) is 38.6 Å². The number of piperidine rings is 1. The lowest BCUT2D eigenvalue weighted by molar-refractivity contribution is -0.135.